The van der Waals surface area contributed by atoms with E-state index in [0.29, 0.717) is 6.54 Å². The summed E-state index contributed by atoms with van der Waals surface area (Å²) in [5.74, 6) is 0. The Hall–Kier alpha value is -1.06. The maximum atomic E-state index is 8.56. The zero-order valence-electron chi connectivity index (χ0n) is 7.75. The number of benzene rings is 1. The molecule has 1 aromatic carbocycles. The molecule has 0 amide bonds. The molecule has 1 aliphatic heterocycles. The summed E-state index contributed by atoms with van der Waals surface area (Å²) < 4.78 is 0. The van der Waals surface area contributed by atoms with Gasteiger partial charge >= 0.3 is 0 Å². The lowest BCUT2D eigenvalue weighted by Gasteiger charge is -2.11. The first-order chi connectivity index (χ1) is 6.31. The minimum Gasteiger partial charge on any atom is -0.374 e. The fourth-order valence-corrected chi connectivity index (χ4v) is 1.82. The minimum atomic E-state index is 0.525. The number of hydroxylamine groups is 1. The van der Waals surface area contributed by atoms with Crippen molar-refractivity contribution < 1.29 is 5.21 Å². The van der Waals surface area contributed by atoms with Crippen LogP contribution in [0, 0.1) is 0 Å². The highest BCUT2D eigenvalue weighted by Crippen LogP contribution is 2.27. The first-order valence-electron chi connectivity index (χ1n) is 4.51. The van der Waals surface area contributed by atoms with Gasteiger partial charge in [0.2, 0.25) is 0 Å². The number of anilines is 1. The van der Waals surface area contributed by atoms with Gasteiger partial charge in [0.1, 0.15) is 0 Å². The molecule has 1 aromatic rings. The van der Waals surface area contributed by atoms with E-state index >= 15 is 0 Å². The Labute approximate surface area is 77.9 Å². The lowest BCUT2D eigenvalue weighted by atomic mass is 10.1. The van der Waals surface area contributed by atoms with Crippen LogP contribution in [0.5, 0.6) is 0 Å². The Kier molecular flexibility index (Phi) is 2.20. The molecule has 0 spiro atoms. The van der Waals surface area contributed by atoms with Gasteiger partial charge in [0.25, 0.3) is 0 Å². The maximum absolute atomic E-state index is 8.56. The van der Waals surface area contributed by atoms with Crippen LogP contribution in [0.3, 0.4) is 0 Å². The fraction of sp³-hybridized carbons (Fsp3) is 0.400. The van der Waals surface area contributed by atoms with E-state index in [1.54, 1.807) is 0 Å². The summed E-state index contributed by atoms with van der Waals surface area (Å²) in [7, 11) is 2.11. The third-order valence-electron chi connectivity index (χ3n) is 2.55. The molecule has 2 N–H and O–H groups in total. The molecule has 1 aliphatic rings. The molecule has 0 aromatic heterocycles. The lowest BCUT2D eigenvalue weighted by Crippen LogP contribution is -2.12. The standard InChI is InChI=1S/C10H14N2O/c1-12-5-4-9-6-8(7-11-13)2-3-10(9)12/h2-3,6,11,13H,4-5,7H2,1H3. The lowest BCUT2D eigenvalue weighted by molar-refractivity contribution is 0.161. The average Bonchev–Trinajstić information content (AvgIpc) is 2.48. The molecule has 0 saturated heterocycles. The van der Waals surface area contributed by atoms with E-state index < -0.39 is 0 Å². The van der Waals surface area contributed by atoms with Gasteiger partial charge in [0.05, 0.1) is 0 Å². The van der Waals surface area contributed by atoms with Gasteiger partial charge in [-0.15, -0.1) is 0 Å². The molecule has 0 saturated carbocycles. The summed E-state index contributed by atoms with van der Waals surface area (Å²) in [5, 5.41) is 8.56. The molecule has 2 rings (SSSR count). The first kappa shape index (κ1) is 8.53. The molecule has 0 radical (unpaired) electrons. The molecule has 3 heteroatoms. The number of hydrogen-bond acceptors (Lipinski definition) is 3. The van der Waals surface area contributed by atoms with Crippen molar-refractivity contribution in [2.45, 2.75) is 13.0 Å². The van der Waals surface area contributed by atoms with Crippen molar-refractivity contribution in [2.75, 3.05) is 18.5 Å². The van der Waals surface area contributed by atoms with Gasteiger partial charge < -0.3 is 10.1 Å². The Morgan fingerprint density at radius 1 is 1.54 bits per heavy atom. The number of fused-ring (bicyclic) bond motifs is 1. The van der Waals surface area contributed by atoms with Gasteiger partial charge in [-0.2, -0.15) is 0 Å². The Balaban J connectivity index is 2.29. The minimum absolute atomic E-state index is 0.525. The molecule has 70 valence electrons. The molecular formula is C10H14N2O. The number of hydrogen-bond donors (Lipinski definition) is 2. The van der Waals surface area contributed by atoms with Crippen LogP contribution in [0.1, 0.15) is 11.1 Å². The quantitative estimate of drug-likeness (QED) is 0.667. The number of nitrogens with zero attached hydrogens (tertiary/aromatic N) is 1. The normalized spacial score (nSPS) is 14.8. The van der Waals surface area contributed by atoms with Crippen molar-refractivity contribution in [3.05, 3.63) is 29.3 Å². The monoisotopic (exact) mass is 178 g/mol. The van der Waals surface area contributed by atoms with Crippen LogP contribution >= 0.6 is 0 Å². The molecule has 0 unspecified atom stereocenters. The van der Waals surface area contributed by atoms with Crippen molar-refractivity contribution in [3.8, 4) is 0 Å². The van der Waals surface area contributed by atoms with E-state index in [4.69, 9.17) is 5.21 Å². The molecule has 0 fully saturated rings. The van der Waals surface area contributed by atoms with Crippen LogP contribution in [0.4, 0.5) is 5.69 Å². The van der Waals surface area contributed by atoms with Crippen LogP contribution < -0.4 is 10.4 Å². The summed E-state index contributed by atoms with van der Waals surface area (Å²) in [6.07, 6.45) is 1.12. The number of nitrogens with one attached hydrogen (secondary N) is 1. The van der Waals surface area contributed by atoms with Crippen molar-refractivity contribution in [2.24, 2.45) is 0 Å². The zero-order valence-corrected chi connectivity index (χ0v) is 7.75. The smallest absolute Gasteiger partial charge is 0.0458 e. The highest BCUT2D eigenvalue weighted by Gasteiger charge is 2.14. The van der Waals surface area contributed by atoms with Gasteiger partial charge in [-0.25, -0.2) is 5.48 Å². The van der Waals surface area contributed by atoms with Gasteiger partial charge in [0, 0.05) is 25.8 Å². The van der Waals surface area contributed by atoms with Crippen LogP contribution in [0.25, 0.3) is 0 Å². The summed E-state index contributed by atoms with van der Waals surface area (Å²) in [6.45, 7) is 1.63. The van der Waals surface area contributed by atoms with Crippen LogP contribution in [0.2, 0.25) is 0 Å². The second-order valence-corrected chi connectivity index (χ2v) is 3.47. The summed E-state index contributed by atoms with van der Waals surface area (Å²) in [6, 6.07) is 6.32. The second-order valence-electron chi connectivity index (χ2n) is 3.47. The van der Waals surface area contributed by atoms with E-state index in [2.05, 4.69) is 29.6 Å². The molecule has 0 atom stereocenters. The van der Waals surface area contributed by atoms with Crippen LogP contribution in [-0.2, 0) is 13.0 Å². The van der Waals surface area contributed by atoms with Crippen LogP contribution in [-0.4, -0.2) is 18.8 Å². The van der Waals surface area contributed by atoms with Gasteiger partial charge in [-0.1, -0.05) is 12.1 Å². The predicted molar refractivity (Wildman–Crippen MR) is 52.0 cm³/mol. The average molecular weight is 178 g/mol. The summed E-state index contributed by atoms with van der Waals surface area (Å²) in [4.78, 5) is 2.26. The Morgan fingerprint density at radius 3 is 3.15 bits per heavy atom. The van der Waals surface area contributed by atoms with Gasteiger partial charge in [0.15, 0.2) is 0 Å². The predicted octanol–water partition coefficient (Wildman–Crippen LogP) is 1.16. The van der Waals surface area contributed by atoms with Crippen molar-refractivity contribution in [1.29, 1.82) is 0 Å². The van der Waals surface area contributed by atoms with E-state index in [1.807, 2.05) is 6.07 Å². The van der Waals surface area contributed by atoms with Crippen LogP contribution in [0.15, 0.2) is 18.2 Å². The first-order valence-corrected chi connectivity index (χ1v) is 4.51. The number of likely N-dealkylation sites (N-methyl/N-ethyl adjacent to an activating group) is 1. The third-order valence-corrected chi connectivity index (χ3v) is 2.55. The van der Waals surface area contributed by atoms with E-state index in [1.165, 1.54) is 11.3 Å². The molecular weight excluding hydrogens is 164 g/mol. The van der Waals surface area contributed by atoms with Gasteiger partial charge in [-0.3, -0.25) is 0 Å². The van der Waals surface area contributed by atoms with E-state index in [0.717, 1.165) is 18.5 Å². The van der Waals surface area contributed by atoms with E-state index in [9.17, 15) is 0 Å². The maximum Gasteiger partial charge on any atom is 0.0458 e. The highest BCUT2D eigenvalue weighted by molar-refractivity contribution is 5.58. The summed E-state index contributed by atoms with van der Waals surface area (Å²) in [5.41, 5.74) is 6.01. The fourth-order valence-electron chi connectivity index (χ4n) is 1.82. The molecule has 13 heavy (non-hydrogen) atoms. The highest BCUT2D eigenvalue weighted by atomic mass is 16.5. The van der Waals surface area contributed by atoms with Crippen molar-refractivity contribution >= 4 is 5.69 Å². The number of rotatable bonds is 2. The van der Waals surface area contributed by atoms with E-state index in [-0.39, 0.29) is 0 Å². The SMILES string of the molecule is CN1CCc2cc(CNO)ccc21. The molecule has 1 heterocycles. The summed E-state index contributed by atoms with van der Waals surface area (Å²) >= 11 is 0. The Bertz CT molecular complexity index is 312. The largest absolute Gasteiger partial charge is 0.374 e. The van der Waals surface area contributed by atoms with Gasteiger partial charge in [-0.05, 0) is 23.6 Å². The van der Waals surface area contributed by atoms with Crippen molar-refractivity contribution in [1.82, 2.24) is 5.48 Å². The van der Waals surface area contributed by atoms with Crippen molar-refractivity contribution in [3.63, 3.8) is 0 Å². The molecule has 0 aliphatic carbocycles. The third kappa shape index (κ3) is 1.53. The second kappa shape index (κ2) is 3.36. The topological polar surface area (TPSA) is 35.5 Å². The Morgan fingerprint density at radius 2 is 2.38 bits per heavy atom. The molecule has 0 bridgehead atoms. The molecule has 3 nitrogen and oxygen atoms in total. The zero-order chi connectivity index (χ0) is 9.26.